The van der Waals surface area contributed by atoms with E-state index in [0.717, 1.165) is 11.8 Å². The Balaban J connectivity index is 2.31. The molecule has 2 amide bonds. The van der Waals surface area contributed by atoms with Crippen LogP contribution in [0.25, 0.3) is 0 Å². The number of aromatic nitrogens is 4. The first-order chi connectivity index (χ1) is 12.0. The molecule has 0 aliphatic heterocycles. The summed E-state index contributed by atoms with van der Waals surface area (Å²) in [7, 11) is -1.90. The van der Waals surface area contributed by atoms with Gasteiger partial charge in [-0.2, -0.15) is 5.10 Å². The van der Waals surface area contributed by atoms with Crippen LogP contribution in [-0.4, -0.2) is 47.3 Å². The summed E-state index contributed by atoms with van der Waals surface area (Å²) in [6.07, 6.45) is 0. The second-order valence-electron chi connectivity index (χ2n) is 5.41. The molecule has 2 rings (SSSR count). The molecule has 0 unspecified atom stereocenters. The number of urea groups is 1. The van der Waals surface area contributed by atoms with Gasteiger partial charge in [0.2, 0.25) is 5.95 Å². The molecule has 0 aromatic carbocycles. The highest BCUT2D eigenvalue weighted by Gasteiger charge is 2.32. The smallest absolute Gasteiger partial charge is 0.357 e. The number of ether oxygens (including phenoxy) is 1. The first kappa shape index (κ1) is 19.3. The highest BCUT2D eigenvalue weighted by molar-refractivity contribution is 7.90. The lowest BCUT2D eigenvalue weighted by Gasteiger charge is -2.09. The number of sulfonamides is 1. The number of anilines is 1. The van der Waals surface area contributed by atoms with E-state index in [0.29, 0.717) is 11.4 Å². The van der Waals surface area contributed by atoms with Gasteiger partial charge < -0.3 is 4.74 Å². The van der Waals surface area contributed by atoms with Crippen LogP contribution in [0.3, 0.4) is 0 Å². The summed E-state index contributed by atoms with van der Waals surface area (Å²) in [6.45, 7) is 4.80. The van der Waals surface area contributed by atoms with E-state index in [2.05, 4.69) is 25.1 Å². The molecule has 0 radical (unpaired) electrons. The van der Waals surface area contributed by atoms with Crippen molar-refractivity contribution < 1.29 is 22.7 Å². The molecule has 2 heterocycles. The zero-order valence-corrected chi connectivity index (χ0v) is 15.6. The maximum absolute atomic E-state index is 12.6. The van der Waals surface area contributed by atoms with Gasteiger partial charge in [-0.15, -0.1) is 0 Å². The quantitative estimate of drug-likeness (QED) is 0.724. The number of methoxy groups -OCH3 is 1. The van der Waals surface area contributed by atoms with Crippen molar-refractivity contribution in [3.05, 3.63) is 28.8 Å². The van der Waals surface area contributed by atoms with Gasteiger partial charge in [-0.3, -0.25) is 10.00 Å². The predicted octanol–water partition coefficient (Wildman–Crippen LogP) is 0.432. The van der Waals surface area contributed by atoms with Crippen LogP contribution in [0.15, 0.2) is 11.0 Å². The Hall–Kier alpha value is -3.02. The van der Waals surface area contributed by atoms with Crippen molar-refractivity contribution >= 4 is 28.0 Å². The monoisotopic (exact) mass is 382 g/mol. The Morgan fingerprint density at radius 2 is 1.73 bits per heavy atom. The maximum Gasteiger partial charge on any atom is 0.357 e. The van der Waals surface area contributed by atoms with Crippen LogP contribution in [0, 0.1) is 20.8 Å². The second kappa shape index (κ2) is 7.07. The Morgan fingerprint density at radius 3 is 2.27 bits per heavy atom. The molecule has 2 aromatic heterocycles. The van der Waals surface area contributed by atoms with Gasteiger partial charge in [-0.1, -0.05) is 0 Å². The molecule has 26 heavy (non-hydrogen) atoms. The lowest BCUT2D eigenvalue weighted by Crippen LogP contribution is -2.36. The van der Waals surface area contributed by atoms with E-state index >= 15 is 0 Å². The van der Waals surface area contributed by atoms with Crippen molar-refractivity contribution in [3.8, 4) is 0 Å². The summed E-state index contributed by atoms with van der Waals surface area (Å²) in [6, 6.07) is 0.621. The molecule has 0 atom stereocenters. The Bertz CT molecular complexity index is 962. The largest absolute Gasteiger partial charge is 0.464 e. The molecule has 140 valence electrons. The topological polar surface area (TPSA) is 145 Å². The SMILES string of the molecule is COC(=O)c1c(S(=O)(=O)NC(=O)Nc2nc(C)cc(C)n2)c(C)nn1C. The van der Waals surface area contributed by atoms with E-state index in [1.54, 1.807) is 19.9 Å². The first-order valence-corrected chi connectivity index (χ1v) is 8.81. The molecule has 0 spiro atoms. The average Bonchev–Trinajstić information content (AvgIpc) is 2.79. The minimum Gasteiger partial charge on any atom is -0.464 e. The highest BCUT2D eigenvalue weighted by Crippen LogP contribution is 2.20. The van der Waals surface area contributed by atoms with Crippen molar-refractivity contribution in [2.75, 3.05) is 12.4 Å². The van der Waals surface area contributed by atoms with E-state index in [4.69, 9.17) is 0 Å². The summed E-state index contributed by atoms with van der Waals surface area (Å²) < 4.78 is 32.6. The number of amides is 2. The van der Waals surface area contributed by atoms with Crippen LogP contribution in [0.5, 0.6) is 0 Å². The minimum absolute atomic E-state index is 0.0378. The Morgan fingerprint density at radius 1 is 1.15 bits per heavy atom. The van der Waals surface area contributed by atoms with Gasteiger partial charge in [0.05, 0.1) is 12.8 Å². The summed E-state index contributed by atoms with van der Waals surface area (Å²) in [5.74, 6) is -0.946. The standard InChI is InChI=1S/C14H18N6O5S/c1-7-6-8(2)16-13(15-7)17-14(22)19-26(23,24)11-9(3)18-20(4)10(11)12(21)25-5/h6H,1-5H3,(H2,15,16,17,19,22). The minimum atomic E-state index is -4.40. The predicted molar refractivity (Wildman–Crippen MR) is 90.1 cm³/mol. The van der Waals surface area contributed by atoms with Crippen LogP contribution in [0.4, 0.5) is 10.7 Å². The maximum atomic E-state index is 12.6. The zero-order chi connectivity index (χ0) is 19.6. The van der Waals surface area contributed by atoms with Crippen molar-refractivity contribution in [2.45, 2.75) is 25.7 Å². The molecule has 11 nitrogen and oxygen atoms in total. The molecule has 0 bridgehead atoms. The molecule has 0 fully saturated rings. The van der Waals surface area contributed by atoms with Crippen molar-refractivity contribution in [1.82, 2.24) is 24.5 Å². The Kier molecular flexibility index (Phi) is 5.25. The fourth-order valence-electron chi connectivity index (χ4n) is 2.36. The van der Waals surface area contributed by atoms with Gasteiger partial charge in [0.1, 0.15) is 4.90 Å². The third-order valence-electron chi connectivity index (χ3n) is 3.25. The summed E-state index contributed by atoms with van der Waals surface area (Å²) in [4.78, 5) is 31.5. The third kappa shape index (κ3) is 3.96. The number of aryl methyl sites for hydroxylation is 4. The normalized spacial score (nSPS) is 11.1. The lowest BCUT2D eigenvalue weighted by molar-refractivity contribution is 0.0583. The number of esters is 1. The molecular weight excluding hydrogens is 364 g/mol. The highest BCUT2D eigenvalue weighted by atomic mass is 32.2. The molecule has 2 aromatic rings. The Labute approximate surface area is 149 Å². The van der Waals surface area contributed by atoms with Gasteiger partial charge in [-0.25, -0.2) is 32.7 Å². The number of hydrogen-bond acceptors (Lipinski definition) is 8. The van der Waals surface area contributed by atoms with E-state index in [-0.39, 0.29) is 17.3 Å². The van der Waals surface area contributed by atoms with Crippen molar-refractivity contribution in [1.29, 1.82) is 0 Å². The van der Waals surface area contributed by atoms with Gasteiger partial charge in [-0.05, 0) is 26.8 Å². The number of carbonyl (C=O) groups is 2. The van der Waals surface area contributed by atoms with Gasteiger partial charge in [0, 0.05) is 18.4 Å². The molecule has 0 saturated heterocycles. The van der Waals surface area contributed by atoms with Gasteiger partial charge in [0.15, 0.2) is 5.69 Å². The second-order valence-corrected chi connectivity index (χ2v) is 7.03. The molecular formula is C14H18N6O5S. The van der Waals surface area contributed by atoms with E-state index < -0.39 is 26.9 Å². The summed E-state index contributed by atoms with van der Waals surface area (Å²) in [5, 5.41) is 6.14. The molecule has 0 aliphatic rings. The number of nitrogens with zero attached hydrogens (tertiary/aromatic N) is 4. The average molecular weight is 382 g/mol. The summed E-state index contributed by atoms with van der Waals surface area (Å²) in [5.41, 5.74) is 0.947. The van der Waals surface area contributed by atoms with E-state index in [9.17, 15) is 18.0 Å². The lowest BCUT2D eigenvalue weighted by atomic mass is 10.4. The van der Waals surface area contributed by atoms with Crippen LogP contribution in [0.2, 0.25) is 0 Å². The molecule has 12 heteroatoms. The fraction of sp³-hybridized carbons (Fsp3) is 0.357. The first-order valence-electron chi connectivity index (χ1n) is 7.33. The number of nitrogens with one attached hydrogen (secondary N) is 2. The molecule has 0 saturated carbocycles. The number of carbonyl (C=O) groups excluding carboxylic acids is 2. The van der Waals surface area contributed by atoms with Crippen LogP contribution < -0.4 is 10.0 Å². The van der Waals surface area contributed by atoms with Gasteiger partial charge >= 0.3 is 12.0 Å². The van der Waals surface area contributed by atoms with Crippen LogP contribution >= 0.6 is 0 Å². The van der Waals surface area contributed by atoms with Crippen molar-refractivity contribution in [3.63, 3.8) is 0 Å². The molecule has 2 N–H and O–H groups in total. The van der Waals surface area contributed by atoms with Gasteiger partial charge in [0.25, 0.3) is 10.0 Å². The van der Waals surface area contributed by atoms with E-state index in [1.165, 1.54) is 14.0 Å². The number of rotatable bonds is 4. The third-order valence-corrected chi connectivity index (χ3v) is 4.73. The van der Waals surface area contributed by atoms with Crippen LogP contribution in [0.1, 0.15) is 27.6 Å². The van der Waals surface area contributed by atoms with Crippen LogP contribution in [-0.2, 0) is 21.8 Å². The van der Waals surface area contributed by atoms with Crippen molar-refractivity contribution in [2.24, 2.45) is 7.05 Å². The number of hydrogen-bond donors (Lipinski definition) is 2. The van der Waals surface area contributed by atoms with E-state index in [1.807, 2.05) is 4.72 Å². The summed E-state index contributed by atoms with van der Waals surface area (Å²) >= 11 is 0. The zero-order valence-electron chi connectivity index (χ0n) is 14.8. The molecule has 0 aliphatic carbocycles. The fourth-order valence-corrected chi connectivity index (χ4v) is 3.66.